The third-order valence-corrected chi connectivity index (χ3v) is 31.1. The number of amides is 3. The van der Waals surface area contributed by atoms with Crippen LogP contribution in [0.5, 0.6) is 0 Å². The Morgan fingerprint density at radius 1 is 0.387 bits per heavy atom. The van der Waals surface area contributed by atoms with Crippen molar-refractivity contribution in [1.82, 2.24) is 16.0 Å². The van der Waals surface area contributed by atoms with Crippen molar-refractivity contribution in [2.45, 2.75) is 256 Å². The summed E-state index contributed by atoms with van der Waals surface area (Å²) in [6.45, 7) is 32.1. The number of carbonyl (C=O) groups excluding carboxylic acids is 5. The Kier molecular flexibility index (Phi) is 28.6. The van der Waals surface area contributed by atoms with Gasteiger partial charge in [0, 0.05) is 19.3 Å². The Morgan fingerprint density at radius 3 is 0.914 bits per heavy atom. The molecule has 3 amide bonds. The molecule has 2 aliphatic rings. The lowest BCUT2D eigenvalue weighted by atomic mass is 10.00. The number of esters is 2. The Bertz CT molecular complexity index is 3060. The molecule has 0 spiro atoms. The average molecular weight is 1310 g/mol. The van der Waals surface area contributed by atoms with Gasteiger partial charge in [-0.1, -0.05) is 273 Å². The molecular weight excluding hydrogens is 1200 g/mol. The van der Waals surface area contributed by atoms with Gasteiger partial charge in [-0.25, -0.2) is 28.8 Å². The highest BCUT2D eigenvalue weighted by Gasteiger charge is 2.64. The second-order valence-corrected chi connectivity index (χ2v) is 41.1. The van der Waals surface area contributed by atoms with Gasteiger partial charge < -0.3 is 44.1 Å². The summed E-state index contributed by atoms with van der Waals surface area (Å²) < 4.78 is 29.4. The first kappa shape index (κ1) is 76.5. The third-order valence-electron chi connectivity index (χ3n) is 17.8. The van der Waals surface area contributed by atoms with Crippen LogP contribution in [0.3, 0.4) is 0 Å². The van der Waals surface area contributed by atoms with E-state index in [-0.39, 0.29) is 39.8 Å². The zero-order valence-corrected chi connectivity index (χ0v) is 60.4. The minimum Gasteiger partial charge on any atom is -0.502 e. The molecule has 2 saturated carbocycles. The molecule has 508 valence electrons. The lowest BCUT2D eigenvalue weighted by molar-refractivity contribution is -0.148. The van der Waals surface area contributed by atoms with Crippen molar-refractivity contribution in [2.24, 2.45) is 0 Å². The molecule has 15 nitrogen and oxygen atoms in total. The second-order valence-electron chi connectivity index (χ2n) is 30.1. The minimum atomic E-state index is -2.69. The van der Waals surface area contributed by atoms with Gasteiger partial charge in [0.25, 0.3) is 16.6 Å². The van der Waals surface area contributed by atoms with E-state index >= 15 is 0 Å². The summed E-state index contributed by atoms with van der Waals surface area (Å²) >= 11 is 0. The number of rotatable bonds is 20. The first-order valence-electron chi connectivity index (χ1n) is 33.4. The monoisotopic (exact) mass is 1310 g/mol. The number of nitrogens with one attached hydrogen (secondary N) is 3. The Labute approximate surface area is 557 Å². The van der Waals surface area contributed by atoms with Gasteiger partial charge in [0.05, 0.1) is 0 Å². The SMILES string of the molecule is CC(C)(C)OC(=O)N[C@@H](Cc1ccccc1)C(=O)OCc1ccccc1.CC(C)(C)[Si](OC(=O)N[C@@H](Cc1ccccc1)C(=O)O)(C1CCCCC1)C(C)(C)C.CC(C)(C)[Si](OC(=O)N[C@@H](Cc1ccccc1)C(=O)OCc1ccccc1)(C1CCCCC1)C(C)(C)C. The summed E-state index contributed by atoms with van der Waals surface area (Å²) in [6.07, 6.45) is 10.7. The van der Waals surface area contributed by atoms with Gasteiger partial charge in [-0.2, -0.15) is 0 Å². The van der Waals surface area contributed by atoms with Crippen molar-refractivity contribution in [3.63, 3.8) is 0 Å². The normalized spacial score (nSPS) is 15.3. The predicted molar refractivity (Wildman–Crippen MR) is 375 cm³/mol. The topological polar surface area (TPSA) is 205 Å². The summed E-state index contributed by atoms with van der Waals surface area (Å²) in [7, 11) is -5.35. The van der Waals surface area contributed by atoms with E-state index in [0.717, 1.165) is 53.5 Å². The molecule has 0 unspecified atom stereocenters. The molecule has 5 aromatic carbocycles. The van der Waals surface area contributed by atoms with Crippen LogP contribution in [0.25, 0.3) is 0 Å². The van der Waals surface area contributed by atoms with Crippen molar-refractivity contribution in [2.75, 3.05) is 0 Å². The first-order chi connectivity index (χ1) is 43.7. The Balaban J connectivity index is 0.000000257. The average Bonchev–Trinajstić information content (AvgIpc) is 0.746. The van der Waals surface area contributed by atoms with Crippen molar-refractivity contribution in [3.05, 3.63) is 179 Å². The van der Waals surface area contributed by atoms with Gasteiger partial charge in [-0.05, 0) is 106 Å². The van der Waals surface area contributed by atoms with Gasteiger partial charge in [0.2, 0.25) is 0 Å². The van der Waals surface area contributed by atoms with Gasteiger partial charge in [-0.3, -0.25) is 0 Å². The summed E-state index contributed by atoms with van der Waals surface area (Å²) in [6, 6.07) is 44.8. The fraction of sp³-hybridized carbons (Fsp3) is 0.526. The fourth-order valence-electron chi connectivity index (χ4n) is 14.4. The summed E-state index contributed by atoms with van der Waals surface area (Å²) in [4.78, 5) is 76.5. The second kappa shape index (κ2) is 34.8. The predicted octanol–water partition coefficient (Wildman–Crippen LogP) is 18.1. The number of hydrogen-bond donors (Lipinski definition) is 4. The number of carboxylic acids is 1. The summed E-state index contributed by atoms with van der Waals surface area (Å²) in [5.41, 5.74) is 4.66. The van der Waals surface area contributed by atoms with E-state index in [1.807, 2.05) is 152 Å². The highest BCUT2D eigenvalue weighted by molar-refractivity contribution is 6.82. The molecule has 0 bridgehead atoms. The third kappa shape index (κ3) is 23.3. The summed E-state index contributed by atoms with van der Waals surface area (Å²) in [5, 5.41) is 17.3. The van der Waals surface area contributed by atoms with Crippen LogP contribution >= 0.6 is 0 Å². The lowest BCUT2D eigenvalue weighted by Gasteiger charge is -2.54. The molecular formula is C76H109N3O12Si2. The van der Waals surface area contributed by atoms with Crippen LogP contribution in [0, 0.1) is 0 Å². The Hall–Kier alpha value is -7.25. The highest BCUT2D eigenvalue weighted by atomic mass is 28.4. The van der Waals surface area contributed by atoms with E-state index in [9.17, 15) is 33.9 Å². The molecule has 93 heavy (non-hydrogen) atoms. The molecule has 2 aliphatic carbocycles. The largest absolute Gasteiger partial charge is 0.502 e. The maximum Gasteiger partial charge on any atom is 0.408 e. The molecule has 17 heteroatoms. The van der Waals surface area contributed by atoms with E-state index < -0.39 is 76.5 Å². The zero-order valence-electron chi connectivity index (χ0n) is 58.4. The van der Waals surface area contributed by atoms with Crippen LogP contribution in [0.15, 0.2) is 152 Å². The maximum absolute atomic E-state index is 13.7. The van der Waals surface area contributed by atoms with Crippen LogP contribution in [0.2, 0.25) is 31.2 Å². The number of hydrogen-bond acceptors (Lipinski definition) is 11. The van der Waals surface area contributed by atoms with Crippen LogP contribution in [0.4, 0.5) is 14.4 Å². The fourth-order valence-corrected chi connectivity index (χ4v) is 28.5. The van der Waals surface area contributed by atoms with Crippen molar-refractivity contribution in [1.29, 1.82) is 0 Å². The van der Waals surface area contributed by atoms with Crippen molar-refractivity contribution >= 4 is 52.8 Å². The molecule has 0 aromatic heterocycles. The molecule has 0 saturated heterocycles. The van der Waals surface area contributed by atoms with Gasteiger partial charge >= 0.3 is 36.2 Å². The number of benzene rings is 5. The van der Waals surface area contributed by atoms with Gasteiger partial charge in [0.1, 0.15) is 36.9 Å². The quantitative estimate of drug-likeness (QED) is 0.0326. The molecule has 0 heterocycles. The molecule has 4 N–H and O–H groups in total. The van der Waals surface area contributed by atoms with Crippen molar-refractivity contribution < 1.29 is 56.9 Å². The van der Waals surface area contributed by atoms with Gasteiger partial charge in [-0.15, -0.1) is 0 Å². The maximum atomic E-state index is 13.7. The molecule has 5 aromatic rings. The smallest absolute Gasteiger partial charge is 0.408 e. The Morgan fingerprint density at radius 2 is 0.645 bits per heavy atom. The van der Waals surface area contributed by atoms with E-state index in [0.29, 0.717) is 23.9 Å². The van der Waals surface area contributed by atoms with E-state index in [1.165, 1.54) is 38.5 Å². The van der Waals surface area contributed by atoms with E-state index in [1.54, 1.807) is 20.8 Å². The van der Waals surface area contributed by atoms with Gasteiger partial charge in [0.15, 0.2) is 0 Å². The number of alkyl carbamates (subject to hydrolysis) is 1. The molecule has 3 atom stereocenters. The van der Waals surface area contributed by atoms with Crippen LogP contribution in [0.1, 0.15) is 196 Å². The number of carboxylic acid groups (broad SMARTS) is 1. The molecule has 7 rings (SSSR count). The number of carbonyl (C=O) groups is 6. The van der Waals surface area contributed by atoms with Crippen LogP contribution in [-0.4, -0.2) is 81.7 Å². The number of ether oxygens (including phenoxy) is 3. The van der Waals surface area contributed by atoms with Crippen LogP contribution in [-0.2, 0) is 69.9 Å². The standard InChI is InChI=1S/C31H45NO4Si.C24H39NO4Si.C21H25NO4/c1-30(2,3)37(31(4,5)6,26-20-14-9-15-21-26)36-29(34)32-27(22-24-16-10-7-11-17-24)28(33)35-23-25-18-12-8-13-19-25;1-23(2,3)30(24(4,5)6,19-15-11-8-12-16-19)29-22(28)25-20(21(26)27)17-18-13-9-7-10-14-18;1-21(2,3)26-20(24)22-18(14-16-10-6-4-7-11-16)19(23)25-15-17-12-8-5-9-13-17/h7-8,10-13,16-19,26-27H,9,14-15,20-23H2,1-6H3,(H,32,34);7,9-10,13-14,19-20H,8,11-12,15-17H2,1-6H3,(H,25,28)(H,26,27);4-13,18H,14-15H2,1-3H3,(H,22,24)/t27-;20-;18-/m000/s1. The van der Waals surface area contributed by atoms with E-state index in [4.69, 9.17) is 23.1 Å². The minimum absolute atomic E-state index is 0.154. The van der Waals surface area contributed by atoms with Crippen molar-refractivity contribution in [3.8, 4) is 0 Å². The molecule has 0 aliphatic heterocycles. The lowest BCUT2D eigenvalue weighted by Crippen LogP contribution is -2.61. The highest BCUT2D eigenvalue weighted by Crippen LogP contribution is 2.62. The zero-order chi connectivity index (χ0) is 68.7. The summed E-state index contributed by atoms with van der Waals surface area (Å²) in [5.74, 6) is -2.00. The molecule has 2 fully saturated rings. The van der Waals surface area contributed by atoms with E-state index in [2.05, 4.69) is 99.0 Å². The number of aliphatic carboxylic acids is 1. The first-order valence-corrected chi connectivity index (χ1v) is 37.4. The molecule has 0 radical (unpaired) electrons. The van der Waals surface area contributed by atoms with Crippen LogP contribution < -0.4 is 16.0 Å².